The standard InChI is InChI=1S/C9H9NO/c1-3-9(11)8-5-4-7(2)10-6-8/h3-6H,1H2,2H3. The maximum absolute atomic E-state index is 11.0. The van der Waals surface area contributed by atoms with Crippen LogP contribution in [0.2, 0.25) is 0 Å². The highest BCUT2D eigenvalue weighted by Crippen LogP contribution is 2.00. The molecule has 11 heavy (non-hydrogen) atoms. The fourth-order valence-electron chi connectivity index (χ4n) is 0.731. The lowest BCUT2D eigenvalue weighted by Crippen LogP contribution is -1.94. The van der Waals surface area contributed by atoms with Gasteiger partial charge < -0.3 is 0 Å². The van der Waals surface area contributed by atoms with Crippen molar-refractivity contribution in [2.75, 3.05) is 0 Å². The highest BCUT2D eigenvalue weighted by atomic mass is 16.1. The van der Waals surface area contributed by atoms with Crippen LogP contribution in [0.25, 0.3) is 0 Å². The van der Waals surface area contributed by atoms with Crippen LogP contribution in [0.4, 0.5) is 0 Å². The van der Waals surface area contributed by atoms with Gasteiger partial charge in [0.05, 0.1) is 0 Å². The lowest BCUT2D eigenvalue weighted by molar-refractivity contribution is 0.104. The molecule has 56 valence electrons. The second-order valence-electron chi connectivity index (χ2n) is 2.26. The minimum Gasteiger partial charge on any atom is -0.289 e. The van der Waals surface area contributed by atoms with Crippen molar-refractivity contribution in [3.63, 3.8) is 0 Å². The smallest absolute Gasteiger partial charge is 0.186 e. The van der Waals surface area contributed by atoms with E-state index in [2.05, 4.69) is 11.6 Å². The van der Waals surface area contributed by atoms with E-state index in [0.29, 0.717) is 5.56 Å². The molecule has 0 saturated carbocycles. The minimum atomic E-state index is -0.0856. The van der Waals surface area contributed by atoms with Crippen LogP contribution in [0.3, 0.4) is 0 Å². The zero-order chi connectivity index (χ0) is 8.27. The molecule has 1 heterocycles. The van der Waals surface area contributed by atoms with Crippen LogP contribution >= 0.6 is 0 Å². The van der Waals surface area contributed by atoms with Gasteiger partial charge in [-0.1, -0.05) is 6.58 Å². The zero-order valence-corrected chi connectivity index (χ0v) is 6.37. The Morgan fingerprint density at radius 1 is 1.64 bits per heavy atom. The first-order valence-electron chi connectivity index (χ1n) is 3.33. The van der Waals surface area contributed by atoms with E-state index in [1.54, 1.807) is 18.3 Å². The number of hydrogen-bond acceptors (Lipinski definition) is 2. The van der Waals surface area contributed by atoms with Gasteiger partial charge in [0, 0.05) is 17.5 Å². The van der Waals surface area contributed by atoms with E-state index in [1.165, 1.54) is 6.08 Å². The van der Waals surface area contributed by atoms with Crippen molar-refractivity contribution < 1.29 is 4.79 Å². The van der Waals surface area contributed by atoms with Crippen LogP contribution in [0.1, 0.15) is 16.1 Å². The van der Waals surface area contributed by atoms with E-state index in [0.717, 1.165) is 5.69 Å². The van der Waals surface area contributed by atoms with Crippen LogP contribution in [-0.2, 0) is 0 Å². The molecule has 0 aromatic carbocycles. The van der Waals surface area contributed by atoms with Crippen molar-refractivity contribution >= 4 is 5.78 Å². The van der Waals surface area contributed by atoms with E-state index in [1.807, 2.05) is 6.92 Å². The summed E-state index contributed by atoms with van der Waals surface area (Å²) in [5, 5.41) is 0. The van der Waals surface area contributed by atoms with Gasteiger partial charge in [0.25, 0.3) is 0 Å². The van der Waals surface area contributed by atoms with Crippen molar-refractivity contribution in [2.24, 2.45) is 0 Å². The van der Waals surface area contributed by atoms with Crippen molar-refractivity contribution in [3.8, 4) is 0 Å². The van der Waals surface area contributed by atoms with Crippen LogP contribution in [0, 0.1) is 6.92 Å². The molecule has 0 spiro atoms. The molecule has 0 saturated heterocycles. The number of allylic oxidation sites excluding steroid dienone is 1. The second-order valence-corrected chi connectivity index (χ2v) is 2.26. The first-order valence-corrected chi connectivity index (χ1v) is 3.33. The quantitative estimate of drug-likeness (QED) is 0.471. The molecule has 0 aliphatic heterocycles. The molecule has 0 amide bonds. The number of ketones is 1. The molecule has 1 aromatic heterocycles. The summed E-state index contributed by atoms with van der Waals surface area (Å²) >= 11 is 0. The number of nitrogens with zero attached hydrogens (tertiary/aromatic N) is 1. The summed E-state index contributed by atoms with van der Waals surface area (Å²) in [6.07, 6.45) is 2.84. The highest BCUT2D eigenvalue weighted by molar-refractivity contribution is 6.03. The first kappa shape index (κ1) is 7.66. The zero-order valence-electron chi connectivity index (χ0n) is 6.37. The summed E-state index contributed by atoms with van der Waals surface area (Å²) in [5.41, 5.74) is 1.50. The van der Waals surface area contributed by atoms with Crippen LogP contribution in [0.5, 0.6) is 0 Å². The van der Waals surface area contributed by atoms with Gasteiger partial charge in [0.1, 0.15) is 0 Å². The average molecular weight is 147 g/mol. The third kappa shape index (κ3) is 1.74. The molecule has 1 rings (SSSR count). The van der Waals surface area contributed by atoms with Gasteiger partial charge in [-0.15, -0.1) is 0 Å². The van der Waals surface area contributed by atoms with Gasteiger partial charge in [-0.3, -0.25) is 9.78 Å². The molecular weight excluding hydrogens is 138 g/mol. The Bertz CT molecular complexity index is 274. The van der Waals surface area contributed by atoms with Crippen LogP contribution < -0.4 is 0 Å². The summed E-state index contributed by atoms with van der Waals surface area (Å²) in [6.45, 7) is 5.26. The second kappa shape index (κ2) is 3.10. The number of rotatable bonds is 2. The molecule has 0 N–H and O–H groups in total. The molecule has 0 aliphatic rings. The van der Waals surface area contributed by atoms with Crippen molar-refractivity contribution in [2.45, 2.75) is 6.92 Å². The first-order chi connectivity index (χ1) is 5.24. The normalized spacial score (nSPS) is 9.18. The molecule has 0 atom stereocenters. The summed E-state index contributed by atoms with van der Waals surface area (Å²) < 4.78 is 0. The Kier molecular flexibility index (Phi) is 2.16. The van der Waals surface area contributed by atoms with Gasteiger partial charge in [-0.2, -0.15) is 0 Å². The van der Waals surface area contributed by atoms with E-state index >= 15 is 0 Å². The van der Waals surface area contributed by atoms with Gasteiger partial charge in [-0.05, 0) is 25.1 Å². The van der Waals surface area contributed by atoms with Crippen molar-refractivity contribution in [1.29, 1.82) is 0 Å². The molecular formula is C9H9NO. The highest BCUT2D eigenvalue weighted by Gasteiger charge is 1.98. The van der Waals surface area contributed by atoms with Crippen LogP contribution in [0.15, 0.2) is 31.0 Å². The van der Waals surface area contributed by atoms with Crippen molar-refractivity contribution in [1.82, 2.24) is 4.98 Å². The van der Waals surface area contributed by atoms with Crippen molar-refractivity contribution in [3.05, 3.63) is 42.2 Å². The average Bonchev–Trinajstić information content (AvgIpc) is 2.05. The van der Waals surface area contributed by atoms with E-state index < -0.39 is 0 Å². The van der Waals surface area contributed by atoms with Gasteiger partial charge in [0.2, 0.25) is 0 Å². The van der Waals surface area contributed by atoms with E-state index in [9.17, 15) is 4.79 Å². The predicted molar refractivity (Wildman–Crippen MR) is 43.5 cm³/mol. The fraction of sp³-hybridized carbons (Fsp3) is 0.111. The largest absolute Gasteiger partial charge is 0.289 e. The maximum atomic E-state index is 11.0. The Labute approximate surface area is 65.6 Å². The Morgan fingerprint density at radius 3 is 2.82 bits per heavy atom. The monoisotopic (exact) mass is 147 g/mol. The third-order valence-electron chi connectivity index (χ3n) is 1.38. The SMILES string of the molecule is C=CC(=O)c1ccc(C)nc1. The summed E-state index contributed by atoms with van der Waals surface area (Å²) in [4.78, 5) is 14.9. The molecule has 1 aromatic rings. The lowest BCUT2D eigenvalue weighted by Gasteiger charge is -1.94. The molecule has 0 aliphatic carbocycles. The summed E-state index contributed by atoms with van der Waals surface area (Å²) in [6, 6.07) is 3.54. The molecule has 0 bridgehead atoms. The number of aromatic nitrogens is 1. The maximum Gasteiger partial charge on any atom is 0.186 e. The fourth-order valence-corrected chi connectivity index (χ4v) is 0.731. The van der Waals surface area contributed by atoms with Gasteiger partial charge in [0.15, 0.2) is 5.78 Å². The van der Waals surface area contributed by atoms with E-state index in [-0.39, 0.29) is 5.78 Å². The van der Waals surface area contributed by atoms with Crippen LogP contribution in [-0.4, -0.2) is 10.8 Å². The summed E-state index contributed by atoms with van der Waals surface area (Å²) in [7, 11) is 0. The Hall–Kier alpha value is -1.44. The molecule has 0 radical (unpaired) electrons. The Morgan fingerprint density at radius 2 is 2.36 bits per heavy atom. The number of pyridine rings is 1. The molecule has 2 nitrogen and oxygen atoms in total. The number of hydrogen-bond donors (Lipinski definition) is 0. The Balaban J connectivity index is 2.98. The number of carbonyl (C=O) groups is 1. The molecule has 0 fully saturated rings. The predicted octanol–water partition coefficient (Wildman–Crippen LogP) is 1.76. The topological polar surface area (TPSA) is 30.0 Å². The molecule has 0 unspecified atom stereocenters. The van der Waals surface area contributed by atoms with Gasteiger partial charge in [-0.25, -0.2) is 0 Å². The van der Waals surface area contributed by atoms with E-state index in [4.69, 9.17) is 0 Å². The number of aryl methyl sites for hydroxylation is 1. The minimum absolute atomic E-state index is 0.0856. The molecule has 2 heteroatoms. The lowest BCUT2D eigenvalue weighted by atomic mass is 10.2. The van der Waals surface area contributed by atoms with Gasteiger partial charge >= 0.3 is 0 Å². The number of carbonyl (C=O) groups excluding carboxylic acids is 1. The third-order valence-corrected chi connectivity index (χ3v) is 1.38. The summed E-state index contributed by atoms with van der Waals surface area (Å²) in [5.74, 6) is -0.0856.